The van der Waals surface area contributed by atoms with Crippen molar-refractivity contribution in [2.75, 3.05) is 5.32 Å². The van der Waals surface area contributed by atoms with E-state index in [1.54, 1.807) is 6.07 Å². The molecule has 0 fully saturated rings. The Kier molecular flexibility index (Phi) is 2.87. The molecule has 1 unspecified atom stereocenters. The monoisotopic (exact) mass is 257 g/mol. The van der Waals surface area contributed by atoms with Gasteiger partial charge < -0.3 is 14.8 Å². The average molecular weight is 257 g/mol. The molecule has 2 N–H and O–H groups in total. The van der Waals surface area contributed by atoms with Gasteiger partial charge in [-0.1, -0.05) is 12.1 Å². The Hall–Kier alpha value is -2.07. The van der Waals surface area contributed by atoms with Gasteiger partial charge in [0.1, 0.15) is 17.6 Å². The first-order valence-corrected chi connectivity index (χ1v) is 6.30. The lowest BCUT2D eigenvalue weighted by molar-refractivity contribution is -0.116. The molecule has 98 valence electrons. The van der Waals surface area contributed by atoms with Crippen LogP contribution in [0.25, 0.3) is 0 Å². The highest BCUT2D eigenvalue weighted by Crippen LogP contribution is 2.29. The SMILES string of the molecule is Cc1ccc(C(O)c2ccc3c(c2)CCC(=O)N3)o1. The molecule has 2 aromatic rings. The molecule has 1 aliphatic heterocycles. The number of nitrogens with one attached hydrogen (secondary N) is 1. The van der Waals surface area contributed by atoms with Crippen molar-refractivity contribution in [3.05, 3.63) is 53.0 Å². The molecule has 3 rings (SSSR count). The van der Waals surface area contributed by atoms with Gasteiger partial charge in [0, 0.05) is 12.1 Å². The standard InChI is InChI=1S/C15H15NO3/c1-9-2-6-13(19-9)15(18)11-3-5-12-10(8-11)4-7-14(17)16-12/h2-3,5-6,8,15,18H,4,7H2,1H3,(H,16,17). The number of aliphatic hydroxyl groups is 1. The third kappa shape index (κ3) is 2.27. The molecule has 1 aromatic heterocycles. The minimum absolute atomic E-state index is 0.0439. The molecule has 0 radical (unpaired) electrons. The van der Waals surface area contributed by atoms with Crippen molar-refractivity contribution in [3.8, 4) is 0 Å². The summed E-state index contributed by atoms with van der Waals surface area (Å²) in [6.07, 6.45) is 0.433. The molecule has 1 amide bonds. The zero-order valence-corrected chi connectivity index (χ0v) is 10.6. The van der Waals surface area contributed by atoms with Crippen LogP contribution in [0.4, 0.5) is 5.69 Å². The minimum Gasteiger partial charge on any atom is -0.463 e. The smallest absolute Gasteiger partial charge is 0.224 e. The molecule has 0 saturated heterocycles. The number of rotatable bonds is 2. The highest BCUT2D eigenvalue weighted by Gasteiger charge is 2.19. The second kappa shape index (κ2) is 4.55. The summed E-state index contributed by atoms with van der Waals surface area (Å²) in [5, 5.41) is 13.1. The summed E-state index contributed by atoms with van der Waals surface area (Å²) in [5.41, 5.74) is 2.67. The van der Waals surface area contributed by atoms with Crippen LogP contribution < -0.4 is 5.32 Å². The van der Waals surface area contributed by atoms with E-state index in [-0.39, 0.29) is 5.91 Å². The maximum absolute atomic E-state index is 11.3. The Morgan fingerprint density at radius 1 is 1.26 bits per heavy atom. The number of amides is 1. The number of hydrogen-bond acceptors (Lipinski definition) is 3. The highest BCUT2D eigenvalue weighted by atomic mass is 16.4. The molecule has 1 atom stereocenters. The zero-order valence-electron chi connectivity index (χ0n) is 10.6. The Bertz CT molecular complexity index is 630. The summed E-state index contributed by atoms with van der Waals surface area (Å²) in [5.74, 6) is 1.36. The van der Waals surface area contributed by atoms with Gasteiger partial charge in [0.2, 0.25) is 5.91 Å². The first kappa shape index (κ1) is 12.0. The molecule has 4 nitrogen and oxygen atoms in total. The molecule has 1 aliphatic rings. The van der Waals surface area contributed by atoms with E-state index >= 15 is 0 Å². The van der Waals surface area contributed by atoms with Gasteiger partial charge in [0.05, 0.1) is 0 Å². The van der Waals surface area contributed by atoms with Crippen LogP contribution in [0.1, 0.15) is 35.2 Å². The Labute approximate surface area is 111 Å². The lowest BCUT2D eigenvalue weighted by atomic mass is 9.97. The Balaban J connectivity index is 1.92. The molecule has 0 bridgehead atoms. The second-order valence-corrected chi connectivity index (χ2v) is 4.82. The topological polar surface area (TPSA) is 62.5 Å². The van der Waals surface area contributed by atoms with Crippen molar-refractivity contribution >= 4 is 11.6 Å². The van der Waals surface area contributed by atoms with Crippen LogP contribution in [0.15, 0.2) is 34.7 Å². The predicted molar refractivity (Wildman–Crippen MR) is 70.9 cm³/mol. The zero-order chi connectivity index (χ0) is 13.4. The summed E-state index contributed by atoms with van der Waals surface area (Å²) in [7, 11) is 0. The third-order valence-corrected chi connectivity index (χ3v) is 3.37. The predicted octanol–water partition coefficient (Wildman–Crippen LogP) is 2.55. The van der Waals surface area contributed by atoms with Gasteiger partial charge >= 0.3 is 0 Å². The molecule has 2 heterocycles. The van der Waals surface area contributed by atoms with Gasteiger partial charge in [0.25, 0.3) is 0 Å². The number of fused-ring (bicyclic) bond motifs is 1. The van der Waals surface area contributed by atoms with E-state index < -0.39 is 6.10 Å². The third-order valence-electron chi connectivity index (χ3n) is 3.37. The van der Waals surface area contributed by atoms with E-state index in [0.29, 0.717) is 18.6 Å². The van der Waals surface area contributed by atoms with Crippen LogP contribution >= 0.6 is 0 Å². The van der Waals surface area contributed by atoms with Crippen molar-refractivity contribution in [2.24, 2.45) is 0 Å². The Morgan fingerprint density at radius 3 is 2.84 bits per heavy atom. The number of aryl methyl sites for hydroxylation is 2. The van der Waals surface area contributed by atoms with Crippen molar-refractivity contribution in [1.29, 1.82) is 0 Å². The van der Waals surface area contributed by atoms with Crippen LogP contribution in [-0.2, 0) is 11.2 Å². The fourth-order valence-electron chi connectivity index (χ4n) is 2.34. The van der Waals surface area contributed by atoms with Gasteiger partial charge in [0.15, 0.2) is 0 Å². The summed E-state index contributed by atoms with van der Waals surface area (Å²) in [4.78, 5) is 11.3. The maximum Gasteiger partial charge on any atom is 0.224 e. The summed E-state index contributed by atoms with van der Waals surface area (Å²) in [6, 6.07) is 9.18. The van der Waals surface area contributed by atoms with E-state index in [1.807, 2.05) is 31.2 Å². The molecular formula is C15H15NO3. The van der Waals surface area contributed by atoms with E-state index in [2.05, 4.69) is 5.32 Å². The fraction of sp³-hybridized carbons (Fsp3) is 0.267. The largest absolute Gasteiger partial charge is 0.463 e. The highest BCUT2D eigenvalue weighted by molar-refractivity contribution is 5.93. The molecule has 0 saturated carbocycles. The lowest BCUT2D eigenvalue weighted by Gasteiger charge is -2.18. The number of carbonyl (C=O) groups is 1. The average Bonchev–Trinajstić information content (AvgIpc) is 2.84. The maximum atomic E-state index is 11.3. The van der Waals surface area contributed by atoms with Crippen molar-refractivity contribution < 1.29 is 14.3 Å². The van der Waals surface area contributed by atoms with Crippen molar-refractivity contribution in [3.63, 3.8) is 0 Å². The van der Waals surface area contributed by atoms with Crippen LogP contribution in [0.2, 0.25) is 0 Å². The number of anilines is 1. The first-order chi connectivity index (χ1) is 9.13. The number of furan rings is 1. The molecular weight excluding hydrogens is 242 g/mol. The Morgan fingerprint density at radius 2 is 2.11 bits per heavy atom. The van der Waals surface area contributed by atoms with E-state index in [0.717, 1.165) is 22.6 Å². The summed E-state index contributed by atoms with van der Waals surface area (Å²) < 4.78 is 5.44. The van der Waals surface area contributed by atoms with E-state index in [9.17, 15) is 9.90 Å². The van der Waals surface area contributed by atoms with Gasteiger partial charge in [-0.15, -0.1) is 0 Å². The molecule has 19 heavy (non-hydrogen) atoms. The lowest BCUT2D eigenvalue weighted by Crippen LogP contribution is -2.19. The van der Waals surface area contributed by atoms with Gasteiger partial charge in [-0.05, 0) is 42.7 Å². The summed E-state index contributed by atoms with van der Waals surface area (Å²) in [6.45, 7) is 1.85. The van der Waals surface area contributed by atoms with Crippen molar-refractivity contribution in [1.82, 2.24) is 0 Å². The van der Waals surface area contributed by atoms with E-state index in [4.69, 9.17) is 4.42 Å². The van der Waals surface area contributed by atoms with Crippen LogP contribution in [0, 0.1) is 6.92 Å². The number of benzene rings is 1. The quantitative estimate of drug-likeness (QED) is 0.869. The van der Waals surface area contributed by atoms with Gasteiger partial charge in [-0.3, -0.25) is 4.79 Å². The van der Waals surface area contributed by atoms with Crippen LogP contribution in [0.5, 0.6) is 0 Å². The molecule has 1 aromatic carbocycles. The molecule has 4 heteroatoms. The number of aliphatic hydroxyl groups excluding tert-OH is 1. The van der Waals surface area contributed by atoms with Gasteiger partial charge in [-0.25, -0.2) is 0 Å². The normalized spacial score (nSPS) is 15.8. The minimum atomic E-state index is -0.767. The number of carbonyl (C=O) groups excluding carboxylic acids is 1. The fourth-order valence-corrected chi connectivity index (χ4v) is 2.34. The summed E-state index contributed by atoms with van der Waals surface area (Å²) >= 11 is 0. The first-order valence-electron chi connectivity index (χ1n) is 6.30. The number of hydrogen-bond donors (Lipinski definition) is 2. The molecule has 0 aliphatic carbocycles. The second-order valence-electron chi connectivity index (χ2n) is 4.82. The van der Waals surface area contributed by atoms with Gasteiger partial charge in [-0.2, -0.15) is 0 Å². The van der Waals surface area contributed by atoms with Crippen LogP contribution in [-0.4, -0.2) is 11.0 Å². The van der Waals surface area contributed by atoms with E-state index in [1.165, 1.54) is 0 Å². The van der Waals surface area contributed by atoms with Crippen molar-refractivity contribution in [2.45, 2.75) is 25.9 Å². The van der Waals surface area contributed by atoms with Crippen LogP contribution in [0.3, 0.4) is 0 Å². The molecule has 0 spiro atoms.